The monoisotopic (exact) mass is 224 g/mol. The zero-order valence-corrected chi connectivity index (χ0v) is 14.0. The third kappa shape index (κ3) is 2.42. The maximum Gasteiger partial charge on any atom is 0.0519 e. The topological polar surface area (TPSA) is 0 Å². The minimum atomic E-state index is -0.438. The summed E-state index contributed by atoms with van der Waals surface area (Å²) in [5.74, 6) is 0. The Morgan fingerprint density at radius 1 is 1.15 bits per heavy atom. The van der Waals surface area contributed by atoms with Gasteiger partial charge < -0.3 is 0 Å². The van der Waals surface area contributed by atoms with Gasteiger partial charge in [-0.1, -0.05) is 40.6 Å². The van der Waals surface area contributed by atoms with Gasteiger partial charge in [-0.05, 0) is 30.5 Å². The molecule has 13 heavy (non-hydrogen) atoms. The molecular formula is C10H20Si3. The molecule has 0 heterocycles. The molecular weight excluding hydrogens is 204 g/mol. The van der Waals surface area contributed by atoms with Crippen LogP contribution in [0.25, 0.3) is 0 Å². The van der Waals surface area contributed by atoms with Crippen LogP contribution in [-0.2, 0) is 0 Å². The molecule has 1 rings (SSSR count). The molecule has 0 amide bonds. The van der Waals surface area contributed by atoms with Crippen molar-refractivity contribution in [1.82, 2.24) is 0 Å². The van der Waals surface area contributed by atoms with E-state index in [9.17, 15) is 0 Å². The summed E-state index contributed by atoms with van der Waals surface area (Å²) < 4.78 is 0. The Morgan fingerprint density at radius 3 is 2.00 bits per heavy atom. The molecule has 0 aromatic heterocycles. The highest BCUT2D eigenvalue weighted by Crippen LogP contribution is 2.06. The van der Waals surface area contributed by atoms with Gasteiger partial charge in [-0.25, -0.2) is 0 Å². The van der Waals surface area contributed by atoms with Gasteiger partial charge in [-0.15, -0.1) is 0 Å². The SMILES string of the molecule is Cc1cc(C)c([SiH](C)[SiH2][SiH3])c(C)c1. The first-order valence-corrected chi connectivity index (χ1v) is 15.8. The molecule has 1 atom stereocenters. The smallest absolute Gasteiger partial charge is 0.0519 e. The van der Waals surface area contributed by atoms with E-state index in [-0.39, 0.29) is 0 Å². The maximum atomic E-state index is 2.55. The lowest BCUT2D eigenvalue weighted by molar-refractivity contribution is 1.35. The fourth-order valence-electron chi connectivity index (χ4n) is 2.17. The molecule has 3 heteroatoms. The molecule has 0 aliphatic carbocycles. The fourth-order valence-corrected chi connectivity index (χ4v) is 11.1. The van der Waals surface area contributed by atoms with Gasteiger partial charge in [0.1, 0.15) is 0 Å². The summed E-state index contributed by atoms with van der Waals surface area (Å²) in [5, 5.41) is 1.78. The highest BCUT2D eigenvalue weighted by molar-refractivity contribution is 7.35. The van der Waals surface area contributed by atoms with E-state index in [4.69, 9.17) is 0 Å². The van der Waals surface area contributed by atoms with E-state index in [1.165, 1.54) is 15.3 Å². The largest absolute Gasteiger partial charge is 0.0706 e. The highest BCUT2D eigenvalue weighted by atomic mass is 29.5. The summed E-state index contributed by atoms with van der Waals surface area (Å²) in [6.45, 7) is 9.34. The van der Waals surface area contributed by atoms with Crippen LogP contribution in [-0.4, -0.2) is 26.6 Å². The normalized spacial score (nSPS) is 14.2. The molecule has 72 valence electrons. The van der Waals surface area contributed by atoms with Crippen molar-refractivity contribution in [1.29, 1.82) is 0 Å². The summed E-state index contributed by atoms with van der Waals surface area (Å²) in [6.07, 6.45) is 0. The molecule has 0 radical (unpaired) electrons. The second kappa shape index (κ2) is 4.39. The van der Waals surface area contributed by atoms with Gasteiger partial charge >= 0.3 is 0 Å². The lowest BCUT2D eigenvalue weighted by atomic mass is 10.1. The quantitative estimate of drug-likeness (QED) is 0.601. The van der Waals surface area contributed by atoms with E-state index >= 15 is 0 Å². The first-order valence-electron chi connectivity index (χ1n) is 5.14. The Kier molecular flexibility index (Phi) is 3.70. The van der Waals surface area contributed by atoms with E-state index < -0.39 is 8.31 Å². The average Bonchev–Trinajstić information content (AvgIpc) is 2.02. The minimum absolute atomic E-state index is 0.363. The highest BCUT2D eigenvalue weighted by Gasteiger charge is 2.10. The first kappa shape index (κ1) is 10.9. The van der Waals surface area contributed by atoms with Crippen LogP contribution in [0.4, 0.5) is 0 Å². The summed E-state index contributed by atoms with van der Waals surface area (Å²) in [7, 11) is 1.43. The van der Waals surface area contributed by atoms with Crippen molar-refractivity contribution in [3.63, 3.8) is 0 Å². The van der Waals surface area contributed by atoms with E-state index in [0.29, 0.717) is 8.55 Å². The maximum absolute atomic E-state index is 2.55. The number of benzene rings is 1. The standard InChI is InChI=1S/C10H20Si3/c1-7-5-8(2)10(9(3)6-7)13(4)12-11/h5-6,13H,12H2,1-4,11H3. The van der Waals surface area contributed by atoms with E-state index in [1.54, 1.807) is 16.3 Å². The number of hydrogen-bond acceptors (Lipinski definition) is 0. The zero-order chi connectivity index (χ0) is 10.0. The van der Waals surface area contributed by atoms with E-state index in [1.807, 2.05) is 0 Å². The summed E-state index contributed by atoms with van der Waals surface area (Å²) in [5.41, 5.74) is 4.56. The molecule has 0 fully saturated rings. The molecule has 1 unspecified atom stereocenters. The Bertz CT molecular complexity index is 284. The van der Waals surface area contributed by atoms with Crippen LogP contribution in [0.15, 0.2) is 12.1 Å². The zero-order valence-electron chi connectivity index (χ0n) is 9.44. The summed E-state index contributed by atoms with van der Waals surface area (Å²) in [6, 6.07) is 4.72. The average molecular weight is 225 g/mol. The van der Waals surface area contributed by atoms with Gasteiger partial charge in [0.05, 0.1) is 8.31 Å². The van der Waals surface area contributed by atoms with Gasteiger partial charge in [0.25, 0.3) is 0 Å². The predicted octanol–water partition coefficient (Wildman–Crippen LogP) is -0.378. The minimum Gasteiger partial charge on any atom is -0.0706 e. The second-order valence-corrected chi connectivity index (χ2v) is 20.8. The van der Waals surface area contributed by atoms with Gasteiger partial charge in [-0.2, -0.15) is 0 Å². The Morgan fingerprint density at radius 2 is 1.62 bits per heavy atom. The molecule has 1 aromatic carbocycles. The van der Waals surface area contributed by atoms with Gasteiger partial charge in [0.15, 0.2) is 0 Å². The van der Waals surface area contributed by atoms with Crippen molar-refractivity contribution in [2.45, 2.75) is 27.3 Å². The Balaban J connectivity index is 3.20. The van der Waals surface area contributed by atoms with Crippen molar-refractivity contribution in [3.05, 3.63) is 28.8 Å². The van der Waals surface area contributed by atoms with Gasteiger partial charge in [0.2, 0.25) is 0 Å². The number of aryl methyl sites for hydroxylation is 3. The van der Waals surface area contributed by atoms with E-state index in [2.05, 4.69) is 39.5 Å². The van der Waals surface area contributed by atoms with Crippen molar-refractivity contribution < 1.29 is 0 Å². The summed E-state index contributed by atoms with van der Waals surface area (Å²) >= 11 is 0. The van der Waals surface area contributed by atoms with Crippen molar-refractivity contribution in [2.75, 3.05) is 0 Å². The second-order valence-electron chi connectivity index (χ2n) is 4.12. The van der Waals surface area contributed by atoms with E-state index in [0.717, 1.165) is 0 Å². The predicted molar refractivity (Wildman–Crippen MR) is 71.8 cm³/mol. The molecule has 0 aliphatic rings. The third-order valence-corrected chi connectivity index (χ3v) is 21.9. The van der Waals surface area contributed by atoms with Crippen LogP contribution in [0.2, 0.25) is 6.55 Å². The van der Waals surface area contributed by atoms with Crippen LogP contribution >= 0.6 is 0 Å². The molecule has 0 aliphatic heterocycles. The first-order chi connectivity index (χ1) is 6.06. The molecule has 0 N–H and O–H groups in total. The molecule has 0 saturated carbocycles. The van der Waals surface area contributed by atoms with Crippen molar-refractivity contribution in [2.24, 2.45) is 0 Å². The molecule has 1 aromatic rings. The van der Waals surface area contributed by atoms with Crippen LogP contribution < -0.4 is 5.19 Å². The fraction of sp³-hybridized carbons (Fsp3) is 0.400. The van der Waals surface area contributed by atoms with Gasteiger partial charge in [0, 0.05) is 8.55 Å². The molecule has 0 spiro atoms. The van der Waals surface area contributed by atoms with Crippen molar-refractivity contribution in [3.8, 4) is 0 Å². The molecule has 0 bridgehead atoms. The number of rotatable bonds is 2. The lowest BCUT2D eigenvalue weighted by Gasteiger charge is -2.15. The van der Waals surface area contributed by atoms with Crippen LogP contribution in [0.3, 0.4) is 0 Å². The Hall–Kier alpha value is -0.129. The van der Waals surface area contributed by atoms with Gasteiger partial charge in [-0.3, -0.25) is 0 Å². The lowest BCUT2D eigenvalue weighted by Crippen LogP contribution is -2.37. The third-order valence-electron chi connectivity index (χ3n) is 2.84. The van der Waals surface area contributed by atoms with Crippen LogP contribution in [0.1, 0.15) is 16.7 Å². The molecule has 0 saturated heterocycles. The Labute approximate surface area is 88.2 Å². The van der Waals surface area contributed by atoms with Crippen LogP contribution in [0, 0.1) is 20.8 Å². The van der Waals surface area contributed by atoms with Crippen LogP contribution in [0.5, 0.6) is 0 Å². The number of hydrogen-bond donors (Lipinski definition) is 0. The molecule has 0 nitrogen and oxygen atoms in total. The van der Waals surface area contributed by atoms with Crippen molar-refractivity contribution >= 4 is 31.8 Å². The summed E-state index contributed by atoms with van der Waals surface area (Å²) in [4.78, 5) is 0.